The van der Waals surface area contributed by atoms with E-state index in [0.717, 1.165) is 35.4 Å². The molecule has 0 radical (unpaired) electrons. The molecule has 22 heavy (non-hydrogen) atoms. The Bertz CT molecular complexity index is 455. The first-order chi connectivity index (χ1) is 10.4. The predicted octanol–water partition coefficient (Wildman–Crippen LogP) is 4.70. The van der Waals surface area contributed by atoms with E-state index in [4.69, 9.17) is 4.74 Å². The molecule has 1 rings (SSSR count). The number of carbonyl (C=O) groups is 1. The van der Waals surface area contributed by atoms with Crippen LogP contribution in [-0.4, -0.2) is 17.7 Å². The third-order valence-corrected chi connectivity index (χ3v) is 3.86. The van der Waals surface area contributed by atoms with E-state index in [9.17, 15) is 9.90 Å². The van der Waals surface area contributed by atoms with Crippen LogP contribution in [0.25, 0.3) is 0 Å². The van der Waals surface area contributed by atoms with Crippen molar-refractivity contribution in [3.05, 3.63) is 28.8 Å². The number of rotatable bonds is 9. The van der Waals surface area contributed by atoms with E-state index in [1.165, 1.54) is 12.8 Å². The zero-order chi connectivity index (χ0) is 16.5. The second-order valence-corrected chi connectivity index (χ2v) is 6.54. The van der Waals surface area contributed by atoms with Crippen LogP contribution in [0.5, 0.6) is 5.75 Å². The van der Waals surface area contributed by atoms with E-state index in [-0.39, 0.29) is 5.97 Å². The van der Waals surface area contributed by atoms with Crippen molar-refractivity contribution in [1.29, 1.82) is 0 Å². The number of ether oxygens (including phenoxy) is 1. The molecule has 0 heterocycles. The average Bonchev–Trinajstić information content (AvgIpc) is 2.45. The van der Waals surface area contributed by atoms with Crippen molar-refractivity contribution >= 4 is 5.97 Å². The van der Waals surface area contributed by atoms with E-state index >= 15 is 0 Å². The van der Waals surface area contributed by atoms with Gasteiger partial charge in [0.25, 0.3) is 0 Å². The molecule has 0 amide bonds. The van der Waals surface area contributed by atoms with Crippen LogP contribution < -0.4 is 0 Å². The Hall–Kier alpha value is -1.51. The molecule has 0 spiro atoms. The van der Waals surface area contributed by atoms with Crippen LogP contribution in [0.4, 0.5) is 0 Å². The molecule has 0 aromatic heterocycles. The quantitative estimate of drug-likeness (QED) is 0.531. The molecule has 0 aliphatic rings. The van der Waals surface area contributed by atoms with Gasteiger partial charge in [-0.05, 0) is 49.3 Å². The molecule has 0 aliphatic heterocycles. The van der Waals surface area contributed by atoms with Crippen molar-refractivity contribution < 1.29 is 14.6 Å². The van der Waals surface area contributed by atoms with E-state index in [1.807, 2.05) is 26.0 Å². The lowest BCUT2D eigenvalue weighted by Gasteiger charge is -2.08. The molecule has 0 fully saturated rings. The number of aromatic hydroxyl groups is 1. The van der Waals surface area contributed by atoms with Crippen molar-refractivity contribution in [2.75, 3.05) is 6.61 Å². The maximum atomic E-state index is 11.7. The molecule has 0 aliphatic carbocycles. The molecule has 124 valence electrons. The third-order valence-electron chi connectivity index (χ3n) is 3.86. The highest BCUT2D eigenvalue weighted by Gasteiger charge is 2.07. The zero-order valence-corrected chi connectivity index (χ0v) is 14.4. The molecule has 3 heteroatoms. The van der Waals surface area contributed by atoms with Crippen molar-refractivity contribution in [3.8, 4) is 5.75 Å². The molecule has 0 unspecified atom stereocenters. The van der Waals surface area contributed by atoms with E-state index in [0.29, 0.717) is 25.2 Å². The first-order valence-electron chi connectivity index (χ1n) is 8.35. The minimum absolute atomic E-state index is 0.132. The van der Waals surface area contributed by atoms with Gasteiger partial charge in [0, 0.05) is 6.42 Å². The van der Waals surface area contributed by atoms with Crippen LogP contribution in [-0.2, 0) is 16.0 Å². The summed E-state index contributed by atoms with van der Waals surface area (Å²) >= 11 is 0. The second kappa shape index (κ2) is 9.50. The minimum atomic E-state index is -0.132. The molecule has 1 N–H and O–H groups in total. The van der Waals surface area contributed by atoms with Crippen LogP contribution in [0.15, 0.2) is 12.1 Å². The van der Waals surface area contributed by atoms with Gasteiger partial charge in [0.1, 0.15) is 5.75 Å². The third kappa shape index (κ3) is 6.97. The van der Waals surface area contributed by atoms with E-state index in [2.05, 4.69) is 13.8 Å². The van der Waals surface area contributed by atoms with Crippen LogP contribution in [0.1, 0.15) is 62.6 Å². The summed E-state index contributed by atoms with van der Waals surface area (Å²) < 4.78 is 5.27. The molecule has 1 aromatic carbocycles. The maximum Gasteiger partial charge on any atom is 0.306 e. The van der Waals surface area contributed by atoms with Crippen LogP contribution >= 0.6 is 0 Å². The van der Waals surface area contributed by atoms with Gasteiger partial charge < -0.3 is 9.84 Å². The number of hydrogen-bond donors (Lipinski definition) is 1. The highest BCUT2D eigenvalue weighted by molar-refractivity contribution is 5.69. The van der Waals surface area contributed by atoms with Crippen molar-refractivity contribution in [1.82, 2.24) is 0 Å². The predicted molar refractivity (Wildman–Crippen MR) is 90.2 cm³/mol. The Morgan fingerprint density at radius 1 is 1.14 bits per heavy atom. The average molecular weight is 306 g/mol. The molecule has 0 atom stereocenters. The number of phenols is 1. The first-order valence-corrected chi connectivity index (χ1v) is 8.35. The standard InChI is InChI=1S/C19H30O3/c1-14(2)8-6-5-7-11-22-18(20)10-9-17-12-15(3)19(21)16(4)13-17/h12-14,21H,5-11H2,1-4H3. The molecule has 0 saturated carbocycles. The van der Waals surface area contributed by atoms with Gasteiger partial charge in [-0.1, -0.05) is 45.2 Å². The summed E-state index contributed by atoms with van der Waals surface area (Å²) in [5.74, 6) is 0.958. The summed E-state index contributed by atoms with van der Waals surface area (Å²) in [6.07, 6.45) is 5.59. The van der Waals surface area contributed by atoms with E-state index < -0.39 is 0 Å². The lowest BCUT2D eigenvalue weighted by Crippen LogP contribution is -2.07. The number of aryl methyl sites for hydroxylation is 3. The van der Waals surface area contributed by atoms with Crippen molar-refractivity contribution in [3.63, 3.8) is 0 Å². The van der Waals surface area contributed by atoms with Gasteiger partial charge in [-0.15, -0.1) is 0 Å². The Kier molecular flexibility index (Phi) is 8.00. The summed E-state index contributed by atoms with van der Waals surface area (Å²) in [6, 6.07) is 3.86. The number of carbonyl (C=O) groups excluding carboxylic acids is 1. The monoisotopic (exact) mass is 306 g/mol. The van der Waals surface area contributed by atoms with Gasteiger partial charge in [0.15, 0.2) is 0 Å². The number of phenolic OH excluding ortho intramolecular Hbond substituents is 1. The van der Waals surface area contributed by atoms with Gasteiger partial charge in [0.2, 0.25) is 0 Å². The summed E-state index contributed by atoms with van der Waals surface area (Å²) in [4.78, 5) is 11.7. The second-order valence-electron chi connectivity index (χ2n) is 6.54. The van der Waals surface area contributed by atoms with Gasteiger partial charge >= 0.3 is 5.97 Å². The number of esters is 1. The van der Waals surface area contributed by atoms with Crippen LogP contribution in [0, 0.1) is 19.8 Å². The highest BCUT2D eigenvalue weighted by Crippen LogP contribution is 2.23. The maximum absolute atomic E-state index is 11.7. The Balaban J connectivity index is 2.21. The number of hydrogen-bond acceptors (Lipinski definition) is 3. The molecular weight excluding hydrogens is 276 g/mol. The topological polar surface area (TPSA) is 46.5 Å². The molecular formula is C19H30O3. The fourth-order valence-corrected chi connectivity index (χ4v) is 2.53. The smallest absolute Gasteiger partial charge is 0.306 e. The Morgan fingerprint density at radius 2 is 1.77 bits per heavy atom. The summed E-state index contributed by atoms with van der Waals surface area (Å²) in [6.45, 7) is 8.74. The van der Waals surface area contributed by atoms with Crippen LogP contribution in [0.2, 0.25) is 0 Å². The minimum Gasteiger partial charge on any atom is -0.507 e. The normalized spacial score (nSPS) is 11.0. The van der Waals surface area contributed by atoms with Gasteiger partial charge in [-0.2, -0.15) is 0 Å². The van der Waals surface area contributed by atoms with Gasteiger partial charge in [-0.3, -0.25) is 4.79 Å². The van der Waals surface area contributed by atoms with Gasteiger partial charge in [0.05, 0.1) is 6.61 Å². The lowest BCUT2D eigenvalue weighted by molar-refractivity contribution is -0.143. The summed E-state index contributed by atoms with van der Waals surface area (Å²) in [7, 11) is 0. The Labute approximate surface area is 134 Å². The molecule has 3 nitrogen and oxygen atoms in total. The first kappa shape index (κ1) is 18.5. The van der Waals surface area contributed by atoms with Gasteiger partial charge in [-0.25, -0.2) is 0 Å². The molecule has 0 bridgehead atoms. The molecule has 1 aromatic rings. The number of benzene rings is 1. The fraction of sp³-hybridized carbons (Fsp3) is 0.632. The zero-order valence-electron chi connectivity index (χ0n) is 14.4. The van der Waals surface area contributed by atoms with Crippen molar-refractivity contribution in [2.24, 2.45) is 5.92 Å². The number of unbranched alkanes of at least 4 members (excludes halogenated alkanes) is 2. The van der Waals surface area contributed by atoms with Crippen LogP contribution in [0.3, 0.4) is 0 Å². The fourth-order valence-electron chi connectivity index (χ4n) is 2.53. The largest absolute Gasteiger partial charge is 0.507 e. The lowest BCUT2D eigenvalue weighted by atomic mass is 10.0. The van der Waals surface area contributed by atoms with Crippen molar-refractivity contribution in [2.45, 2.75) is 66.2 Å². The Morgan fingerprint density at radius 3 is 2.36 bits per heavy atom. The highest BCUT2D eigenvalue weighted by atomic mass is 16.5. The molecule has 0 saturated heterocycles. The van der Waals surface area contributed by atoms with E-state index in [1.54, 1.807) is 0 Å². The summed E-state index contributed by atoms with van der Waals surface area (Å²) in [5.41, 5.74) is 2.78. The SMILES string of the molecule is Cc1cc(CCC(=O)OCCCCCC(C)C)cc(C)c1O. The summed E-state index contributed by atoms with van der Waals surface area (Å²) in [5, 5.41) is 9.74.